The molecule has 0 amide bonds. The summed E-state index contributed by atoms with van der Waals surface area (Å²) in [5.41, 5.74) is 9.45. The predicted molar refractivity (Wildman–Crippen MR) is 64.0 cm³/mol. The summed E-state index contributed by atoms with van der Waals surface area (Å²) in [6, 6.07) is 5.99. The van der Waals surface area contributed by atoms with Crippen LogP contribution in [0.1, 0.15) is 5.56 Å². The molecule has 0 spiro atoms. The molecule has 6 heteroatoms. The van der Waals surface area contributed by atoms with Crippen molar-refractivity contribution < 1.29 is 0 Å². The molecule has 2 aromatic heterocycles. The number of benzene rings is 1. The largest absolute Gasteiger partial charge is 0.326 e. The highest BCUT2D eigenvalue weighted by Crippen LogP contribution is 2.23. The van der Waals surface area contributed by atoms with Crippen LogP contribution in [0.25, 0.3) is 22.6 Å². The van der Waals surface area contributed by atoms with E-state index >= 15 is 0 Å². The van der Waals surface area contributed by atoms with E-state index in [1.54, 1.807) is 6.20 Å². The van der Waals surface area contributed by atoms with Crippen molar-refractivity contribution in [2.45, 2.75) is 6.54 Å². The lowest BCUT2D eigenvalue weighted by atomic mass is 10.2. The standard InChI is InChI=1S/C11H12N6/c1-17-9-4-2-3-7(5-12)10(9)14-11(17)8-6-13-16-15-8/h2-4,6H,5,12H2,1H3,(H,13,15,16). The molecule has 86 valence electrons. The van der Waals surface area contributed by atoms with Gasteiger partial charge in [-0.3, -0.25) is 0 Å². The average Bonchev–Trinajstić information content (AvgIpc) is 2.97. The molecule has 17 heavy (non-hydrogen) atoms. The van der Waals surface area contributed by atoms with E-state index in [2.05, 4.69) is 20.4 Å². The van der Waals surface area contributed by atoms with Crippen molar-refractivity contribution in [2.75, 3.05) is 0 Å². The first-order chi connectivity index (χ1) is 8.31. The number of imidazole rings is 1. The molecule has 2 heterocycles. The maximum Gasteiger partial charge on any atom is 0.163 e. The number of rotatable bonds is 2. The lowest BCUT2D eigenvalue weighted by Gasteiger charge is -1.99. The van der Waals surface area contributed by atoms with Gasteiger partial charge in [0.15, 0.2) is 5.82 Å². The summed E-state index contributed by atoms with van der Waals surface area (Å²) in [4.78, 5) is 4.59. The summed E-state index contributed by atoms with van der Waals surface area (Å²) < 4.78 is 1.99. The highest BCUT2D eigenvalue weighted by atomic mass is 15.3. The highest BCUT2D eigenvalue weighted by molar-refractivity contribution is 5.82. The predicted octanol–water partition coefficient (Wildman–Crippen LogP) is 0.817. The van der Waals surface area contributed by atoms with Crippen LogP contribution in [-0.2, 0) is 13.6 Å². The molecule has 0 atom stereocenters. The number of fused-ring (bicyclic) bond motifs is 1. The van der Waals surface area contributed by atoms with Crippen molar-refractivity contribution in [2.24, 2.45) is 12.8 Å². The minimum absolute atomic E-state index is 0.479. The van der Waals surface area contributed by atoms with E-state index in [4.69, 9.17) is 5.73 Å². The van der Waals surface area contributed by atoms with Crippen LogP contribution < -0.4 is 5.73 Å². The molecule has 0 saturated heterocycles. The number of hydrogen-bond donors (Lipinski definition) is 2. The van der Waals surface area contributed by atoms with Gasteiger partial charge < -0.3 is 10.3 Å². The van der Waals surface area contributed by atoms with Crippen LogP contribution >= 0.6 is 0 Å². The van der Waals surface area contributed by atoms with E-state index in [-0.39, 0.29) is 0 Å². The van der Waals surface area contributed by atoms with E-state index < -0.39 is 0 Å². The van der Waals surface area contributed by atoms with Crippen LogP contribution in [0, 0.1) is 0 Å². The number of nitrogens with one attached hydrogen (secondary N) is 1. The molecule has 3 rings (SSSR count). The van der Waals surface area contributed by atoms with Gasteiger partial charge in [0.2, 0.25) is 0 Å². The number of H-pyrrole nitrogens is 1. The van der Waals surface area contributed by atoms with Gasteiger partial charge in [0.1, 0.15) is 5.69 Å². The smallest absolute Gasteiger partial charge is 0.163 e. The summed E-state index contributed by atoms with van der Waals surface area (Å²) in [6.45, 7) is 0.479. The molecule has 1 aromatic carbocycles. The molecule has 3 N–H and O–H groups in total. The van der Waals surface area contributed by atoms with Crippen molar-refractivity contribution in [1.82, 2.24) is 25.0 Å². The first-order valence-corrected chi connectivity index (χ1v) is 5.32. The summed E-state index contributed by atoms with van der Waals surface area (Å²) in [5, 5.41) is 10.4. The van der Waals surface area contributed by atoms with Crippen molar-refractivity contribution in [1.29, 1.82) is 0 Å². The summed E-state index contributed by atoms with van der Waals surface area (Å²) in [7, 11) is 1.96. The van der Waals surface area contributed by atoms with Gasteiger partial charge in [-0.1, -0.05) is 12.1 Å². The fraction of sp³-hybridized carbons (Fsp3) is 0.182. The first kappa shape index (κ1) is 9.98. The molecule has 0 fully saturated rings. The quantitative estimate of drug-likeness (QED) is 0.680. The number of nitrogens with two attached hydrogens (primary N) is 1. The molecule has 0 saturated carbocycles. The molecular formula is C11H12N6. The van der Waals surface area contributed by atoms with Gasteiger partial charge in [-0.05, 0) is 11.6 Å². The van der Waals surface area contributed by atoms with Crippen LogP contribution in [0.3, 0.4) is 0 Å². The van der Waals surface area contributed by atoms with Crippen molar-refractivity contribution >= 4 is 11.0 Å². The molecular weight excluding hydrogens is 216 g/mol. The third-order valence-electron chi connectivity index (χ3n) is 2.86. The number of hydrogen-bond acceptors (Lipinski definition) is 4. The molecule has 6 nitrogen and oxygen atoms in total. The van der Waals surface area contributed by atoms with Crippen molar-refractivity contribution in [3.05, 3.63) is 30.0 Å². The van der Waals surface area contributed by atoms with E-state index in [0.717, 1.165) is 28.1 Å². The lowest BCUT2D eigenvalue weighted by molar-refractivity contribution is 0.919. The Morgan fingerprint density at radius 3 is 3.00 bits per heavy atom. The number of aromatic amines is 1. The summed E-state index contributed by atoms with van der Waals surface area (Å²) in [5.74, 6) is 0.787. The Morgan fingerprint density at radius 1 is 1.41 bits per heavy atom. The maximum absolute atomic E-state index is 5.71. The molecule has 0 unspecified atom stereocenters. The van der Waals surface area contributed by atoms with Crippen LogP contribution in [0.2, 0.25) is 0 Å². The Labute approximate surface area is 97.5 Å². The molecule has 0 aliphatic heterocycles. The van der Waals surface area contributed by atoms with Gasteiger partial charge in [-0.2, -0.15) is 15.4 Å². The van der Waals surface area contributed by atoms with Gasteiger partial charge in [-0.25, -0.2) is 4.98 Å². The lowest BCUT2D eigenvalue weighted by Crippen LogP contribution is -1.97. The summed E-state index contributed by atoms with van der Waals surface area (Å²) in [6.07, 6.45) is 1.66. The molecule has 3 aromatic rings. The van der Waals surface area contributed by atoms with Crippen LogP contribution in [-0.4, -0.2) is 25.0 Å². The Morgan fingerprint density at radius 2 is 2.29 bits per heavy atom. The topological polar surface area (TPSA) is 85.4 Å². The SMILES string of the molecule is Cn1c(-c2cn[nH]n2)nc2c(CN)cccc21. The van der Waals surface area contributed by atoms with E-state index in [0.29, 0.717) is 6.54 Å². The Kier molecular flexibility index (Phi) is 2.15. The zero-order chi connectivity index (χ0) is 11.8. The van der Waals surface area contributed by atoms with Crippen LogP contribution in [0.15, 0.2) is 24.4 Å². The van der Waals surface area contributed by atoms with E-state index in [1.807, 2.05) is 29.8 Å². The molecule has 0 bridgehead atoms. The number of nitrogens with zero attached hydrogens (tertiary/aromatic N) is 4. The monoisotopic (exact) mass is 228 g/mol. The van der Waals surface area contributed by atoms with Crippen LogP contribution in [0.5, 0.6) is 0 Å². The van der Waals surface area contributed by atoms with E-state index in [1.165, 1.54) is 0 Å². The number of para-hydroxylation sites is 1. The first-order valence-electron chi connectivity index (χ1n) is 5.32. The van der Waals surface area contributed by atoms with E-state index in [9.17, 15) is 0 Å². The van der Waals surface area contributed by atoms with Gasteiger partial charge in [0.25, 0.3) is 0 Å². The second-order valence-electron chi connectivity index (χ2n) is 3.84. The zero-order valence-corrected chi connectivity index (χ0v) is 9.38. The Bertz CT molecular complexity index is 652. The van der Waals surface area contributed by atoms with Crippen LogP contribution in [0.4, 0.5) is 0 Å². The molecule has 0 aliphatic rings. The Balaban J connectivity index is 2.32. The fourth-order valence-electron chi connectivity index (χ4n) is 1.98. The minimum atomic E-state index is 0.479. The molecule has 0 radical (unpaired) electrons. The van der Waals surface area contributed by atoms with Gasteiger partial charge in [0, 0.05) is 13.6 Å². The number of aromatic nitrogens is 5. The van der Waals surface area contributed by atoms with Gasteiger partial charge >= 0.3 is 0 Å². The zero-order valence-electron chi connectivity index (χ0n) is 9.38. The van der Waals surface area contributed by atoms with Crippen molar-refractivity contribution in [3.63, 3.8) is 0 Å². The minimum Gasteiger partial charge on any atom is -0.326 e. The van der Waals surface area contributed by atoms with Gasteiger partial charge in [-0.15, -0.1) is 0 Å². The fourth-order valence-corrected chi connectivity index (χ4v) is 1.98. The third-order valence-corrected chi connectivity index (χ3v) is 2.86. The maximum atomic E-state index is 5.71. The van der Waals surface area contributed by atoms with Crippen molar-refractivity contribution in [3.8, 4) is 11.5 Å². The van der Waals surface area contributed by atoms with Gasteiger partial charge in [0.05, 0.1) is 17.2 Å². The summed E-state index contributed by atoms with van der Waals surface area (Å²) >= 11 is 0. The third kappa shape index (κ3) is 1.42. The average molecular weight is 228 g/mol. The normalized spacial score (nSPS) is 11.2. The second kappa shape index (κ2) is 3.67. The second-order valence-corrected chi connectivity index (χ2v) is 3.84. The molecule has 0 aliphatic carbocycles. The number of aryl methyl sites for hydroxylation is 1. The highest BCUT2D eigenvalue weighted by Gasteiger charge is 2.13. The Hall–Kier alpha value is -2.21.